The molecule has 0 aliphatic rings. The van der Waals surface area contributed by atoms with E-state index in [2.05, 4.69) is 4.98 Å². The van der Waals surface area contributed by atoms with Gasteiger partial charge in [-0.2, -0.15) is 0 Å². The van der Waals surface area contributed by atoms with Gasteiger partial charge in [0.05, 0.1) is 0 Å². The third kappa shape index (κ3) is 3.60. The van der Waals surface area contributed by atoms with Gasteiger partial charge in [-0.3, -0.25) is 4.79 Å². The molecule has 2 rings (SSSR count). The molecule has 0 fully saturated rings. The number of nitrogens with one attached hydrogen (secondary N) is 1. The summed E-state index contributed by atoms with van der Waals surface area (Å²) in [5.41, 5.74) is 1.19. The van der Waals surface area contributed by atoms with Gasteiger partial charge in [-0.1, -0.05) is 12.1 Å². The fourth-order valence-corrected chi connectivity index (χ4v) is 2.03. The lowest BCUT2D eigenvalue weighted by Crippen LogP contribution is -2.26. The minimum Gasteiger partial charge on any atom is -0.456 e. The van der Waals surface area contributed by atoms with Crippen molar-refractivity contribution in [2.24, 2.45) is 0 Å². The second-order valence-corrected chi connectivity index (χ2v) is 5.90. The molecule has 0 saturated carbocycles. The number of rotatable bonds is 3. The number of ketones is 1. The highest BCUT2D eigenvalue weighted by Gasteiger charge is 2.22. The third-order valence-electron chi connectivity index (χ3n) is 2.93. The van der Waals surface area contributed by atoms with E-state index in [1.54, 1.807) is 26.8 Å². The van der Waals surface area contributed by atoms with Gasteiger partial charge in [0, 0.05) is 17.1 Å². The molecule has 0 aliphatic carbocycles. The molecule has 0 radical (unpaired) electrons. The zero-order valence-corrected chi connectivity index (χ0v) is 12.7. The van der Waals surface area contributed by atoms with E-state index in [0.717, 1.165) is 16.5 Å². The van der Waals surface area contributed by atoms with E-state index in [-0.39, 0.29) is 11.4 Å². The van der Waals surface area contributed by atoms with Crippen LogP contribution in [0, 0.1) is 0 Å². The molecule has 4 nitrogen and oxygen atoms in total. The highest BCUT2D eigenvalue weighted by Crippen LogP contribution is 2.21. The van der Waals surface area contributed by atoms with E-state index in [4.69, 9.17) is 4.74 Å². The highest BCUT2D eigenvalue weighted by atomic mass is 16.6. The van der Waals surface area contributed by atoms with Crippen LogP contribution in [-0.4, -0.2) is 22.3 Å². The first-order chi connectivity index (χ1) is 9.78. The van der Waals surface area contributed by atoms with Crippen molar-refractivity contribution in [3.63, 3.8) is 0 Å². The van der Waals surface area contributed by atoms with E-state index in [9.17, 15) is 9.59 Å². The van der Waals surface area contributed by atoms with Gasteiger partial charge >= 0.3 is 5.97 Å². The molecule has 0 unspecified atom stereocenters. The Morgan fingerprint density at radius 3 is 2.52 bits per heavy atom. The molecule has 1 N–H and O–H groups in total. The Balaban J connectivity index is 2.45. The molecule has 0 bridgehead atoms. The van der Waals surface area contributed by atoms with Crippen LogP contribution >= 0.6 is 0 Å². The molecule has 1 aromatic heterocycles. The topological polar surface area (TPSA) is 59.2 Å². The quantitative estimate of drug-likeness (QED) is 0.406. The first-order valence-electron chi connectivity index (χ1n) is 6.80. The number of fused-ring (bicyclic) bond motifs is 1. The molecular weight excluding hydrogens is 266 g/mol. The van der Waals surface area contributed by atoms with E-state index >= 15 is 0 Å². The molecule has 0 aliphatic heterocycles. The Kier molecular flexibility index (Phi) is 3.98. The van der Waals surface area contributed by atoms with Gasteiger partial charge in [-0.05, 0) is 51.5 Å². The molecular formula is C17H19NO3. The Morgan fingerprint density at radius 1 is 1.19 bits per heavy atom. The Labute approximate surface area is 123 Å². The number of benzene rings is 1. The zero-order valence-electron chi connectivity index (χ0n) is 12.7. The lowest BCUT2D eigenvalue weighted by atomic mass is 10.0. The number of aromatic amines is 1. The van der Waals surface area contributed by atoms with E-state index < -0.39 is 11.6 Å². The van der Waals surface area contributed by atoms with Gasteiger partial charge in [-0.25, -0.2) is 4.79 Å². The molecule has 110 valence electrons. The molecule has 0 spiro atoms. The summed E-state index contributed by atoms with van der Waals surface area (Å²) in [7, 11) is 0. The Bertz CT molecular complexity index is 717. The molecule has 1 aromatic carbocycles. The molecule has 21 heavy (non-hydrogen) atoms. The zero-order chi connectivity index (χ0) is 15.6. The lowest BCUT2D eigenvalue weighted by molar-refractivity contribution is -0.150. The van der Waals surface area contributed by atoms with Crippen LogP contribution in [0.4, 0.5) is 0 Å². The maximum Gasteiger partial charge on any atom is 0.342 e. The van der Waals surface area contributed by atoms with Gasteiger partial charge in [0.15, 0.2) is 5.78 Å². The number of hydrogen-bond donors (Lipinski definition) is 1. The SMILES string of the molecule is CC(=O)/C(=C/c1cccc2[nH]ccc12)C(=O)OC(C)(C)C. The van der Waals surface area contributed by atoms with Crippen molar-refractivity contribution in [2.75, 3.05) is 0 Å². The summed E-state index contributed by atoms with van der Waals surface area (Å²) >= 11 is 0. The number of esters is 1. The number of H-pyrrole nitrogens is 1. The first-order valence-corrected chi connectivity index (χ1v) is 6.80. The average Bonchev–Trinajstić information content (AvgIpc) is 2.81. The molecule has 1 heterocycles. The van der Waals surface area contributed by atoms with Crippen molar-refractivity contribution >= 4 is 28.7 Å². The molecule has 4 heteroatoms. The molecule has 0 amide bonds. The monoisotopic (exact) mass is 285 g/mol. The second-order valence-electron chi connectivity index (χ2n) is 5.90. The van der Waals surface area contributed by atoms with E-state index in [1.807, 2.05) is 30.5 Å². The fraction of sp³-hybridized carbons (Fsp3) is 0.294. The first kappa shape index (κ1) is 15.0. The van der Waals surface area contributed by atoms with Crippen molar-refractivity contribution in [3.05, 3.63) is 41.6 Å². The number of aromatic nitrogens is 1. The van der Waals surface area contributed by atoms with Gasteiger partial charge in [0.1, 0.15) is 11.2 Å². The van der Waals surface area contributed by atoms with Crippen LogP contribution in [-0.2, 0) is 14.3 Å². The van der Waals surface area contributed by atoms with Crippen LogP contribution in [0.1, 0.15) is 33.3 Å². The number of ether oxygens (including phenoxy) is 1. The van der Waals surface area contributed by atoms with E-state index in [1.165, 1.54) is 6.92 Å². The van der Waals surface area contributed by atoms with Gasteiger partial charge in [0.2, 0.25) is 0 Å². The van der Waals surface area contributed by atoms with Crippen LogP contribution in [0.3, 0.4) is 0 Å². The number of Topliss-reactive ketones (excluding diaryl/α,β-unsaturated/α-hetero) is 1. The average molecular weight is 285 g/mol. The summed E-state index contributed by atoms with van der Waals surface area (Å²) < 4.78 is 5.29. The summed E-state index contributed by atoms with van der Waals surface area (Å²) in [6, 6.07) is 7.59. The summed E-state index contributed by atoms with van der Waals surface area (Å²) in [5.74, 6) is -0.903. The normalized spacial score (nSPS) is 12.5. The molecule has 2 aromatic rings. The van der Waals surface area contributed by atoms with Crippen LogP contribution in [0.25, 0.3) is 17.0 Å². The van der Waals surface area contributed by atoms with Gasteiger partial charge < -0.3 is 9.72 Å². The minimum absolute atomic E-state index is 0.0543. The van der Waals surface area contributed by atoms with Crippen molar-refractivity contribution in [3.8, 4) is 0 Å². The smallest absolute Gasteiger partial charge is 0.342 e. The predicted octanol–water partition coefficient (Wildman–Crippen LogP) is 3.48. The fourth-order valence-electron chi connectivity index (χ4n) is 2.03. The maximum atomic E-state index is 12.2. The Morgan fingerprint density at radius 2 is 1.90 bits per heavy atom. The van der Waals surface area contributed by atoms with Crippen LogP contribution in [0.15, 0.2) is 36.0 Å². The summed E-state index contributed by atoms with van der Waals surface area (Å²) in [6.07, 6.45) is 3.41. The standard InChI is InChI=1S/C17H19NO3/c1-11(19)14(16(20)21-17(2,3)4)10-12-6-5-7-15-13(12)8-9-18-15/h5-10,18H,1-4H3/b14-10-. The van der Waals surface area contributed by atoms with Crippen LogP contribution in [0.2, 0.25) is 0 Å². The van der Waals surface area contributed by atoms with Gasteiger partial charge in [-0.15, -0.1) is 0 Å². The summed E-state index contributed by atoms with van der Waals surface area (Å²) in [6.45, 7) is 6.69. The maximum absolute atomic E-state index is 12.2. The number of hydrogen-bond acceptors (Lipinski definition) is 3. The highest BCUT2D eigenvalue weighted by molar-refractivity contribution is 6.20. The number of carbonyl (C=O) groups excluding carboxylic acids is 2. The summed E-state index contributed by atoms with van der Waals surface area (Å²) in [5, 5.41) is 0.958. The molecule has 0 saturated heterocycles. The summed E-state index contributed by atoms with van der Waals surface area (Å²) in [4.78, 5) is 27.0. The van der Waals surface area contributed by atoms with Crippen LogP contribution in [0.5, 0.6) is 0 Å². The van der Waals surface area contributed by atoms with Crippen molar-refractivity contribution < 1.29 is 14.3 Å². The van der Waals surface area contributed by atoms with Crippen LogP contribution < -0.4 is 0 Å². The Hall–Kier alpha value is -2.36. The lowest BCUT2D eigenvalue weighted by Gasteiger charge is -2.20. The largest absolute Gasteiger partial charge is 0.456 e. The minimum atomic E-state index is -0.633. The van der Waals surface area contributed by atoms with Crippen molar-refractivity contribution in [1.29, 1.82) is 0 Å². The predicted molar refractivity (Wildman–Crippen MR) is 82.8 cm³/mol. The van der Waals surface area contributed by atoms with Gasteiger partial charge in [0.25, 0.3) is 0 Å². The number of carbonyl (C=O) groups is 2. The molecule has 0 atom stereocenters. The van der Waals surface area contributed by atoms with Crippen molar-refractivity contribution in [1.82, 2.24) is 4.98 Å². The van der Waals surface area contributed by atoms with E-state index in [0.29, 0.717) is 0 Å². The second kappa shape index (κ2) is 5.56. The third-order valence-corrected chi connectivity index (χ3v) is 2.93. The van der Waals surface area contributed by atoms with Crippen molar-refractivity contribution in [2.45, 2.75) is 33.3 Å².